The fraction of sp³-hybridized carbons (Fsp3) is 0. The molecule has 1 radical (unpaired) electrons. The molecule has 4 heteroatoms. The molecular formula is C9H7N2O2. The number of carbonyl (C=O) groups excluding carboxylic acids is 1. The van der Waals surface area contributed by atoms with E-state index in [2.05, 4.69) is 5.48 Å². The lowest BCUT2D eigenvalue weighted by atomic mass is 10.1. The van der Waals surface area contributed by atoms with Gasteiger partial charge in [-0.05, 0) is 6.07 Å². The van der Waals surface area contributed by atoms with Crippen molar-refractivity contribution in [1.29, 1.82) is 0 Å². The molecule has 13 heavy (non-hydrogen) atoms. The zero-order chi connectivity index (χ0) is 9.26. The van der Waals surface area contributed by atoms with Crippen LogP contribution in [0, 0.1) is 0 Å². The highest BCUT2D eigenvalue weighted by atomic mass is 16.6. The van der Waals surface area contributed by atoms with Crippen molar-refractivity contribution in [2.75, 3.05) is 0 Å². The van der Waals surface area contributed by atoms with E-state index < -0.39 is 5.91 Å². The van der Waals surface area contributed by atoms with Crippen LogP contribution < -0.4 is 16.1 Å². The van der Waals surface area contributed by atoms with Crippen LogP contribution in [-0.2, 0) is 4.79 Å². The Balaban J connectivity index is 2.53. The molecule has 0 saturated carbocycles. The monoisotopic (exact) mass is 175 g/mol. The Hall–Kier alpha value is -1.97. The van der Waals surface area contributed by atoms with Gasteiger partial charge in [0.25, 0.3) is 5.91 Å². The smallest absolute Gasteiger partial charge is 0.272 e. The molecule has 65 valence electrons. The van der Waals surface area contributed by atoms with Gasteiger partial charge in [0, 0.05) is 11.8 Å². The van der Waals surface area contributed by atoms with E-state index >= 15 is 0 Å². The number of amides is 1. The molecule has 4 nitrogen and oxygen atoms in total. The fourth-order valence-corrected chi connectivity index (χ4v) is 1.20. The molecule has 1 amide bonds. The van der Waals surface area contributed by atoms with Crippen LogP contribution in [0.15, 0.2) is 30.5 Å². The van der Waals surface area contributed by atoms with Crippen molar-refractivity contribution in [2.24, 2.45) is 0 Å². The van der Waals surface area contributed by atoms with E-state index in [-0.39, 0.29) is 0 Å². The zero-order valence-corrected chi connectivity index (χ0v) is 6.70. The molecule has 0 spiro atoms. The summed E-state index contributed by atoms with van der Waals surface area (Å²) in [5.74, 6) is -0.149. The Morgan fingerprint density at radius 1 is 1.38 bits per heavy atom. The van der Waals surface area contributed by atoms with E-state index in [4.69, 9.17) is 10.6 Å². The maximum atomic E-state index is 10.9. The first kappa shape index (κ1) is 7.67. The molecule has 1 aliphatic heterocycles. The summed E-state index contributed by atoms with van der Waals surface area (Å²) < 4.78 is 0. The average Bonchev–Trinajstić information content (AvgIpc) is 2.17. The summed E-state index contributed by atoms with van der Waals surface area (Å²) in [6.45, 7) is 0. The second-order valence-corrected chi connectivity index (χ2v) is 2.60. The average molecular weight is 175 g/mol. The number of hydrogen-bond acceptors (Lipinski definition) is 3. The van der Waals surface area contributed by atoms with Crippen molar-refractivity contribution in [3.8, 4) is 5.75 Å². The van der Waals surface area contributed by atoms with Gasteiger partial charge < -0.3 is 4.84 Å². The van der Waals surface area contributed by atoms with Gasteiger partial charge in [0.2, 0.25) is 0 Å². The fourth-order valence-electron chi connectivity index (χ4n) is 1.20. The number of nitrogens with one attached hydrogen (secondary N) is 2. The molecule has 1 heterocycles. The van der Waals surface area contributed by atoms with Gasteiger partial charge in [0.05, 0.1) is 5.57 Å². The summed E-state index contributed by atoms with van der Waals surface area (Å²) in [6, 6.07) is 7.08. The number of benzene rings is 1. The quantitative estimate of drug-likeness (QED) is 0.684. The Morgan fingerprint density at radius 2 is 2.15 bits per heavy atom. The largest absolute Gasteiger partial charge is 0.382 e. The third kappa shape index (κ3) is 1.22. The lowest BCUT2D eigenvalue weighted by molar-refractivity contribution is -0.113. The summed E-state index contributed by atoms with van der Waals surface area (Å²) >= 11 is 0. The predicted octanol–water partition coefficient (Wildman–Crippen LogP) is 0.734. The van der Waals surface area contributed by atoms with Gasteiger partial charge in [-0.25, -0.2) is 5.48 Å². The molecule has 1 aliphatic rings. The van der Waals surface area contributed by atoms with E-state index in [0.29, 0.717) is 16.9 Å². The molecule has 0 fully saturated rings. The van der Waals surface area contributed by atoms with Gasteiger partial charge in [-0.3, -0.25) is 10.5 Å². The molecule has 1 aromatic carbocycles. The van der Waals surface area contributed by atoms with Gasteiger partial charge >= 0.3 is 0 Å². The number of hydroxylamine groups is 1. The van der Waals surface area contributed by atoms with Crippen LogP contribution in [-0.4, -0.2) is 5.91 Å². The van der Waals surface area contributed by atoms with E-state index in [9.17, 15) is 4.79 Å². The molecule has 2 N–H and O–H groups in total. The molecule has 0 unspecified atom stereocenters. The SMILES string of the molecule is [NH]C(=O)C1=CNOc2ccccc21. The van der Waals surface area contributed by atoms with Crippen LogP contribution >= 0.6 is 0 Å². The van der Waals surface area contributed by atoms with E-state index in [1.54, 1.807) is 24.3 Å². The van der Waals surface area contributed by atoms with Crippen molar-refractivity contribution in [1.82, 2.24) is 11.2 Å². The first-order valence-electron chi connectivity index (χ1n) is 3.77. The van der Waals surface area contributed by atoms with Gasteiger partial charge in [-0.15, -0.1) is 0 Å². The topological polar surface area (TPSA) is 62.1 Å². The zero-order valence-electron chi connectivity index (χ0n) is 6.70. The summed E-state index contributed by atoms with van der Waals surface area (Å²) in [7, 11) is 0. The van der Waals surface area contributed by atoms with Crippen molar-refractivity contribution in [3.05, 3.63) is 36.0 Å². The second kappa shape index (κ2) is 2.82. The van der Waals surface area contributed by atoms with Gasteiger partial charge in [0.1, 0.15) is 0 Å². The maximum absolute atomic E-state index is 10.9. The van der Waals surface area contributed by atoms with Crippen molar-refractivity contribution >= 4 is 11.5 Å². The van der Waals surface area contributed by atoms with Crippen LogP contribution in [0.2, 0.25) is 0 Å². The number of hydrogen-bond donors (Lipinski definition) is 1. The first-order valence-corrected chi connectivity index (χ1v) is 3.77. The molecule has 2 rings (SSSR count). The molecule has 0 atom stereocenters. The van der Waals surface area contributed by atoms with Gasteiger partial charge in [-0.1, -0.05) is 18.2 Å². The highest BCUT2D eigenvalue weighted by Crippen LogP contribution is 2.27. The van der Waals surface area contributed by atoms with Crippen LogP contribution in [0.3, 0.4) is 0 Å². The van der Waals surface area contributed by atoms with Gasteiger partial charge in [0.15, 0.2) is 5.75 Å². The minimum atomic E-state index is -0.719. The van der Waals surface area contributed by atoms with E-state index in [1.165, 1.54) is 6.20 Å². The molecular weight excluding hydrogens is 168 g/mol. The van der Waals surface area contributed by atoms with E-state index in [1.807, 2.05) is 0 Å². The number of fused-ring (bicyclic) bond motifs is 1. The highest BCUT2D eigenvalue weighted by molar-refractivity contribution is 6.19. The molecule has 1 aromatic rings. The molecule has 0 saturated heterocycles. The lowest BCUT2D eigenvalue weighted by Gasteiger charge is -2.15. The number of rotatable bonds is 1. The number of para-hydroxylation sites is 1. The third-order valence-corrected chi connectivity index (χ3v) is 1.79. The summed E-state index contributed by atoms with van der Waals surface area (Å²) in [4.78, 5) is 15.9. The maximum Gasteiger partial charge on any atom is 0.272 e. The normalized spacial score (nSPS) is 13.4. The van der Waals surface area contributed by atoms with Crippen LogP contribution in [0.5, 0.6) is 5.75 Å². The number of carbonyl (C=O) groups is 1. The van der Waals surface area contributed by atoms with E-state index in [0.717, 1.165) is 0 Å². The second-order valence-electron chi connectivity index (χ2n) is 2.60. The molecule has 0 bridgehead atoms. The van der Waals surface area contributed by atoms with Crippen molar-refractivity contribution in [2.45, 2.75) is 0 Å². The van der Waals surface area contributed by atoms with Crippen LogP contribution in [0.4, 0.5) is 0 Å². The Bertz CT molecular complexity index is 385. The lowest BCUT2D eigenvalue weighted by Crippen LogP contribution is -2.20. The Labute approximate surface area is 74.9 Å². The summed E-state index contributed by atoms with van der Waals surface area (Å²) in [6.07, 6.45) is 1.39. The highest BCUT2D eigenvalue weighted by Gasteiger charge is 2.17. The van der Waals surface area contributed by atoms with Crippen LogP contribution in [0.25, 0.3) is 5.57 Å². The minimum Gasteiger partial charge on any atom is -0.382 e. The predicted molar refractivity (Wildman–Crippen MR) is 46.3 cm³/mol. The third-order valence-electron chi connectivity index (χ3n) is 1.79. The standard InChI is InChI=1S/C9H7N2O2/c10-9(12)7-5-11-13-8-4-2-1-3-6(7)8/h1-5,10-11H. The van der Waals surface area contributed by atoms with Crippen LogP contribution in [0.1, 0.15) is 5.56 Å². The first-order chi connectivity index (χ1) is 6.29. The molecule has 0 aliphatic carbocycles. The van der Waals surface area contributed by atoms with Crippen molar-refractivity contribution in [3.63, 3.8) is 0 Å². The minimum absolute atomic E-state index is 0.321. The Kier molecular flexibility index (Phi) is 1.66. The van der Waals surface area contributed by atoms with Gasteiger partial charge in [-0.2, -0.15) is 0 Å². The summed E-state index contributed by atoms with van der Waals surface area (Å²) in [5, 5.41) is 0. The van der Waals surface area contributed by atoms with Crippen molar-refractivity contribution < 1.29 is 9.63 Å². The Morgan fingerprint density at radius 3 is 2.92 bits per heavy atom. The molecule has 0 aromatic heterocycles. The summed E-state index contributed by atoms with van der Waals surface area (Å²) in [5.41, 5.74) is 10.4.